The monoisotopic (exact) mass is 297 g/mol. The molecule has 0 radical (unpaired) electrons. The van der Waals surface area contributed by atoms with Crippen LogP contribution in [0.3, 0.4) is 0 Å². The minimum atomic E-state index is -0.463. The molecule has 1 fully saturated rings. The molecule has 0 N–H and O–H groups in total. The zero-order chi connectivity index (χ0) is 15.5. The lowest BCUT2D eigenvalue weighted by atomic mass is 9.97. The fourth-order valence-electron chi connectivity index (χ4n) is 2.25. The summed E-state index contributed by atoms with van der Waals surface area (Å²) in [6, 6.07) is 0. The smallest absolute Gasteiger partial charge is 0.410 e. The first-order chi connectivity index (χ1) is 9.89. The number of nitrogens with zero attached hydrogens (tertiary/aromatic N) is 3. The maximum Gasteiger partial charge on any atom is 0.410 e. The van der Waals surface area contributed by atoms with Gasteiger partial charge in [0.1, 0.15) is 12.2 Å². The summed E-state index contributed by atoms with van der Waals surface area (Å²) in [6.45, 7) is 7.21. The second-order valence-corrected chi connectivity index (χ2v) is 6.21. The number of methoxy groups -OCH3 is 1. The summed E-state index contributed by atoms with van der Waals surface area (Å²) >= 11 is 0. The first kappa shape index (κ1) is 15.8. The first-order valence-electron chi connectivity index (χ1n) is 7.18. The van der Waals surface area contributed by atoms with Crippen LogP contribution in [-0.2, 0) is 16.1 Å². The van der Waals surface area contributed by atoms with Gasteiger partial charge in [0.05, 0.1) is 0 Å². The topological polar surface area (TPSA) is 77.7 Å². The molecule has 21 heavy (non-hydrogen) atoms. The molecule has 1 aromatic heterocycles. The Balaban J connectivity index is 1.86. The molecule has 7 nitrogen and oxygen atoms in total. The quantitative estimate of drug-likeness (QED) is 0.852. The predicted octanol–water partition coefficient (Wildman–Crippen LogP) is 2.33. The minimum absolute atomic E-state index is 0.196. The van der Waals surface area contributed by atoms with Crippen molar-refractivity contribution in [3.8, 4) is 0 Å². The van der Waals surface area contributed by atoms with E-state index >= 15 is 0 Å². The molecule has 1 amide bonds. The Morgan fingerprint density at radius 3 is 2.57 bits per heavy atom. The molecule has 0 atom stereocenters. The van der Waals surface area contributed by atoms with Gasteiger partial charge in [0.2, 0.25) is 11.8 Å². The third-order valence-corrected chi connectivity index (χ3v) is 3.25. The van der Waals surface area contributed by atoms with Gasteiger partial charge in [-0.2, -0.15) is 0 Å². The molecule has 1 aromatic rings. The highest BCUT2D eigenvalue weighted by Gasteiger charge is 2.29. The van der Waals surface area contributed by atoms with Crippen molar-refractivity contribution in [2.45, 2.75) is 51.7 Å². The number of likely N-dealkylation sites (tertiary alicyclic amines) is 1. The molecule has 0 aliphatic carbocycles. The Bertz CT molecular complexity index is 473. The Kier molecular flexibility index (Phi) is 4.82. The van der Waals surface area contributed by atoms with Crippen LogP contribution in [0.5, 0.6) is 0 Å². The normalized spacial score (nSPS) is 17.0. The lowest BCUT2D eigenvalue weighted by molar-refractivity contribution is 0.0198. The van der Waals surface area contributed by atoms with Gasteiger partial charge in [-0.1, -0.05) is 0 Å². The SMILES string of the molecule is COCc1nnc(C2CCN(C(=O)OC(C)(C)C)CC2)o1. The summed E-state index contributed by atoms with van der Waals surface area (Å²) < 4.78 is 15.9. The third-order valence-electron chi connectivity index (χ3n) is 3.25. The highest BCUT2D eigenvalue weighted by Crippen LogP contribution is 2.27. The minimum Gasteiger partial charge on any atom is -0.444 e. The third kappa shape index (κ3) is 4.42. The van der Waals surface area contributed by atoms with E-state index in [0.29, 0.717) is 31.5 Å². The van der Waals surface area contributed by atoms with Crippen LogP contribution in [0, 0.1) is 0 Å². The van der Waals surface area contributed by atoms with E-state index < -0.39 is 5.60 Å². The number of carbonyl (C=O) groups excluding carboxylic acids is 1. The van der Waals surface area contributed by atoms with E-state index in [-0.39, 0.29) is 12.0 Å². The maximum absolute atomic E-state index is 12.0. The van der Waals surface area contributed by atoms with Crippen molar-refractivity contribution in [2.24, 2.45) is 0 Å². The number of hydrogen-bond acceptors (Lipinski definition) is 6. The number of carbonyl (C=O) groups is 1. The Hall–Kier alpha value is -1.63. The van der Waals surface area contributed by atoms with E-state index in [1.165, 1.54) is 0 Å². The van der Waals surface area contributed by atoms with Gasteiger partial charge in [-0.15, -0.1) is 10.2 Å². The van der Waals surface area contributed by atoms with E-state index in [1.54, 1.807) is 12.0 Å². The van der Waals surface area contributed by atoms with Gasteiger partial charge in [0.25, 0.3) is 0 Å². The van der Waals surface area contributed by atoms with Gasteiger partial charge in [0.15, 0.2) is 0 Å². The van der Waals surface area contributed by atoms with E-state index in [2.05, 4.69) is 10.2 Å². The van der Waals surface area contributed by atoms with Crippen molar-refractivity contribution in [3.05, 3.63) is 11.8 Å². The number of aromatic nitrogens is 2. The average Bonchev–Trinajstić information content (AvgIpc) is 2.86. The second-order valence-electron chi connectivity index (χ2n) is 6.21. The Labute approximate surface area is 124 Å². The maximum atomic E-state index is 12.0. The van der Waals surface area contributed by atoms with Crippen molar-refractivity contribution in [2.75, 3.05) is 20.2 Å². The number of rotatable bonds is 3. The van der Waals surface area contributed by atoms with E-state index in [9.17, 15) is 4.79 Å². The molecule has 1 aliphatic rings. The summed E-state index contributed by atoms with van der Waals surface area (Å²) in [5, 5.41) is 7.99. The number of hydrogen-bond donors (Lipinski definition) is 0. The molecule has 118 valence electrons. The van der Waals surface area contributed by atoms with Crippen molar-refractivity contribution in [1.82, 2.24) is 15.1 Å². The molecule has 0 spiro atoms. The van der Waals surface area contributed by atoms with Crippen molar-refractivity contribution in [1.29, 1.82) is 0 Å². The second kappa shape index (κ2) is 6.43. The van der Waals surface area contributed by atoms with Crippen LogP contribution in [-0.4, -0.2) is 47.0 Å². The van der Waals surface area contributed by atoms with E-state index in [0.717, 1.165) is 12.8 Å². The van der Waals surface area contributed by atoms with Crippen LogP contribution in [0.25, 0.3) is 0 Å². The summed E-state index contributed by atoms with van der Waals surface area (Å²) in [4.78, 5) is 13.7. The number of piperidine rings is 1. The molecule has 1 saturated heterocycles. The summed E-state index contributed by atoms with van der Waals surface area (Å²) in [7, 11) is 1.59. The molecule has 0 bridgehead atoms. The molecule has 2 rings (SSSR count). The standard InChI is InChI=1S/C14H23N3O4/c1-14(2,3)21-13(18)17-7-5-10(6-8-17)12-16-15-11(20-12)9-19-4/h10H,5-9H2,1-4H3. The summed E-state index contributed by atoms with van der Waals surface area (Å²) in [6.07, 6.45) is 1.34. The van der Waals surface area contributed by atoms with E-state index in [4.69, 9.17) is 13.9 Å². The van der Waals surface area contributed by atoms with Gasteiger partial charge in [0, 0.05) is 26.1 Å². The molecule has 0 saturated carbocycles. The van der Waals surface area contributed by atoms with Gasteiger partial charge < -0.3 is 18.8 Å². The van der Waals surface area contributed by atoms with Crippen LogP contribution in [0.15, 0.2) is 4.42 Å². The molecule has 1 aliphatic heterocycles. The highest BCUT2D eigenvalue weighted by atomic mass is 16.6. The van der Waals surface area contributed by atoms with Crippen LogP contribution in [0.4, 0.5) is 4.79 Å². The van der Waals surface area contributed by atoms with Gasteiger partial charge in [-0.05, 0) is 33.6 Å². The van der Waals surface area contributed by atoms with Gasteiger partial charge >= 0.3 is 6.09 Å². The Morgan fingerprint density at radius 1 is 1.33 bits per heavy atom. The van der Waals surface area contributed by atoms with Crippen LogP contribution in [0.1, 0.15) is 51.3 Å². The van der Waals surface area contributed by atoms with Crippen molar-refractivity contribution < 1.29 is 18.7 Å². The fourth-order valence-corrected chi connectivity index (χ4v) is 2.25. The van der Waals surface area contributed by atoms with Crippen molar-refractivity contribution in [3.63, 3.8) is 0 Å². The fraction of sp³-hybridized carbons (Fsp3) is 0.786. The average molecular weight is 297 g/mol. The molecule has 0 aromatic carbocycles. The largest absolute Gasteiger partial charge is 0.444 e. The predicted molar refractivity (Wildman–Crippen MR) is 74.8 cm³/mol. The summed E-state index contributed by atoms with van der Waals surface area (Å²) in [5.41, 5.74) is -0.463. The van der Waals surface area contributed by atoms with Gasteiger partial charge in [-0.25, -0.2) is 4.79 Å². The zero-order valence-corrected chi connectivity index (χ0v) is 13.1. The number of amides is 1. The van der Waals surface area contributed by atoms with Crippen LogP contribution < -0.4 is 0 Å². The number of ether oxygens (including phenoxy) is 2. The van der Waals surface area contributed by atoms with Gasteiger partial charge in [-0.3, -0.25) is 0 Å². The molecule has 2 heterocycles. The summed E-state index contributed by atoms with van der Waals surface area (Å²) in [5.74, 6) is 1.31. The lowest BCUT2D eigenvalue weighted by Gasteiger charge is -2.32. The lowest BCUT2D eigenvalue weighted by Crippen LogP contribution is -2.41. The highest BCUT2D eigenvalue weighted by molar-refractivity contribution is 5.68. The van der Waals surface area contributed by atoms with E-state index in [1.807, 2.05) is 20.8 Å². The zero-order valence-electron chi connectivity index (χ0n) is 13.1. The Morgan fingerprint density at radius 2 is 2.00 bits per heavy atom. The van der Waals surface area contributed by atoms with Crippen molar-refractivity contribution >= 4 is 6.09 Å². The molecule has 7 heteroatoms. The molecular weight excluding hydrogens is 274 g/mol. The molecule has 0 unspecified atom stereocenters. The molecular formula is C14H23N3O4. The van der Waals surface area contributed by atoms with Crippen LogP contribution >= 0.6 is 0 Å². The van der Waals surface area contributed by atoms with Crippen LogP contribution in [0.2, 0.25) is 0 Å². The first-order valence-corrected chi connectivity index (χ1v) is 7.18.